The summed E-state index contributed by atoms with van der Waals surface area (Å²) in [4.78, 5) is 9.39. The maximum absolute atomic E-state index is 5.78. The molecule has 1 N–H and O–H groups in total. The SMILES string of the molecule is CCNc1nc(C2CSCCO2)nc2c1CSC2. The van der Waals surface area contributed by atoms with Crippen LogP contribution in [0.1, 0.15) is 30.1 Å². The van der Waals surface area contributed by atoms with Gasteiger partial charge in [0.2, 0.25) is 0 Å². The quantitative estimate of drug-likeness (QED) is 0.919. The van der Waals surface area contributed by atoms with Crippen LogP contribution in [0.2, 0.25) is 0 Å². The third-order valence-corrected chi connectivity index (χ3v) is 5.01. The lowest BCUT2D eigenvalue weighted by molar-refractivity contribution is 0.0694. The molecule has 3 rings (SSSR count). The zero-order valence-corrected chi connectivity index (χ0v) is 12.1. The Morgan fingerprint density at radius 1 is 1.33 bits per heavy atom. The smallest absolute Gasteiger partial charge is 0.160 e. The van der Waals surface area contributed by atoms with Gasteiger partial charge >= 0.3 is 0 Å². The van der Waals surface area contributed by atoms with Gasteiger partial charge in [0.25, 0.3) is 0 Å². The van der Waals surface area contributed by atoms with Crippen molar-refractivity contribution < 1.29 is 4.74 Å². The van der Waals surface area contributed by atoms with Crippen molar-refractivity contribution in [3.8, 4) is 0 Å². The van der Waals surface area contributed by atoms with Crippen LogP contribution in [-0.2, 0) is 16.2 Å². The second kappa shape index (κ2) is 5.67. The molecule has 0 saturated carbocycles. The average Bonchev–Trinajstić information content (AvgIpc) is 2.88. The van der Waals surface area contributed by atoms with Crippen molar-refractivity contribution in [3.05, 3.63) is 17.1 Å². The molecular weight excluding hydrogens is 266 g/mol. The van der Waals surface area contributed by atoms with Crippen LogP contribution < -0.4 is 5.32 Å². The Labute approximate surface area is 116 Å². The van der Waals surface area contributed by atoms with Gasteiger partial charge in [-0.15, -0.1) is 0 Å². The Bertz CT molecular complexity index is 436. The fourth-order valence-electron chi connectivity index (χ4n) is 2.16. The molecule has 1 atom stereocenters. The number of rotatable bonds is 3. The van der Waals surface area contributed by atoms with Gasteiger partial charge in [0.05, 0.1) is 12.3 Å². The minimum atomic E-state index is 0.0667. The van der Waals surface area contributed by atoms with Crippen LogP contribution in [0.5, 0.6) is 0 Å². The van der Waals surface area contributed by atoms with Gasteiger partial charge in [0.15, 0.2) is 5.82 Å². The van der Waals surface area contributed by atoms with E-state index in [0.29, 0.717) is 0 Å². The molecule has 6 heteroatoms. The van der Waals surface area contributed by atoms with Crippen molar-refractivity contribution in [2.24, 2.45) is 0 Å². The van der Waals surface area contributed by atoms with Crippen LogP contribution in [-0.4, -0.2) is 34.6 Å². The van der Waals surface area contributed by atoms with E-state index in [4.69, 9.17) is 9.72 Å². The molecule has 3 heterocycles. The Balaban J connectivity index is 1.92. The molecule has 0 aromatic carbocycles. The minimum Gasteiger partial charge on any atom is -0.370 e. The van der Waals surface area contributed by atoms with Gasteiger partial charge in [0, 0.05) is 35.1 Å². The Kier molecular flexibility index (Phi) is 3.96. The predicted octanol–water partition coefficient (Wildman–Crippen LogP) is 2.46. The van der Waals surface area contributed by atoms with Gasteiger partial charge in [-0.25, -0.2) is 9.97 Å². The van der Waals surface area contributed by atoms with E-state index < -0.39 is 0 Å². The lowest BCUT2D eigenvalue weighted by Crippen LogP contribution is -2.20. The second-order valence-corrected chi connectivity index (χ2v) is 6.45. The number of hydrogen-bond acceptors (Lipinski definition) is 6. The predicted molar refractivity (Wildman–Crippen MR) is 77.2 cm³/mol. The van der Waals surface area contributed by atoms with E-state index in [9.17, 15) is 0 Å². The fraction of sp³-hybridized carbons (Fsp3) is 0.667. The molecule has 1 unspecified atom stereocenters. The number of aromatic nitrogens is 2. The van der Waals surface area contributed by atoms with Gasteiger partial charge in [-0.1, -0.05) is 0 Å². The zero-order chi connectivity index (χ0) is 12.4. The Morgan fingerprint density at radius 3 is 3.06 bits per heavy atom. The van der Waals surface area contributed by atoms with Crippen molar-refractivity contribution in [2.75, 3.05) is 30.0 Å². The van der Waals surface area contributed by atoms with Crippen LogP contribution in [0.4, 0.5) is 5.82 Å². The summed E-state index contributed by atoms with van der Waals surface area (Å²) in [5.74, 6) is 5.96. The van der Waals surface area contributed by atoms with E-state index >= 15 is 0 Å². The molecule has 0 bridgehead atoms. The number of hydrogen-bond donors (Lipinski definition) is 1. The molecule has 0 radical (unpaired) electrons. The molecule has 1 aromatic rings. The first-order valence-electron chi connectivity index (χ1n) is 6.29. The third kappa shape index (κ3) is 2.46. The average molecular weight is 283 g/mol. The lowest BCUT2D eigenvalue weighted by Gasteiger charge is -2.22. The highest BCUT2D eigenvalue weighted by Gasteiger charge is 2.25. The number of fused-ring (bicyclic) bond motifs is 1. The van der Waals surface area contributed by atoms with Gasteiger partial charge in [-0.3, -0.25) is 0 Å². The third-order valence-electron chi connectivity index (χ3n) is 3.04. The number of nitrogens with zero attached hydrogens (tertiary/aromatic N) is 2. The van der Waals surface area contributed by atoms with Crippen LogP contribution in [0.15, 0.2) is 0 Å². The van der Waals surface area contributed by atoms with Gasteiger partial charge in [0.1, 0.15) is 11.9 Å². The molecule has 0 spiro atoms. The molecule has 0 amide bonds. The molecule has 18 heavy (non-hydrogen) atoms. The monoisotopic (exact) mass is 283 g/mol. The molecule has 2 aliphatic rings. The summed E-state index contributed by atoms with van der Waals surface area (Å²) in [5, 5.41) is 3.36. The van der Waals surface area contributed by atoms with Crippen molar-refractivity contribution in [1.82, 2.24) is 9.97 Å². The first kappa shape index (κ1) is 12.6. The Morgan fingerprint density at radius 2 is 2.28 bits per heavy atom. The molecular formula is C12H17N3OS2. The number of anilines is 1. The van der Waals surface area contributed by atoms with Crippen LogP contribution in [0, 0.1) is 0 Å². The Hall–Kier alpha value is -0.460. The molecule has 98 valence electrons. The number of ether oxygens (including phenoxy) is 1. The first-order chi connectivity index (χ1) is 8.88. The highest BCUT2D eigenvalue weighted by molar-refractivity contribution is 7.99. The topological polar surface area (TPSA) is 47.0 Å². The standard InChI is InChI=1S/C12H17N3OS2/c1-2-13-11-8-5-18-6-9(8)14-12(15-11)10-7-17-4-3-16-10/h10H,2-7H2,1H3,(H,13,14,15). The summed E-state index contributed by atoms with van der Waals surface area (Å²) in [5.41, 5.74) is 2.48. The van der Waals surface area contributed by atoms with Crippen molar-refractivity contribution in [1.29, 1.82) is 0 Å². The molecule has 0 aliphatic carbocycles. The molecule has 1 fully saturated rings. The van der Waals surface area contributed by atoms with Crippen molar-refractivity contribution in [2.45, 2.75) is 24.5 Å². The summed E-state index contributed by atoms with van der Waals surface area (Å²) in [6, 6.07) is 0. The number of nitrogens with one attached hydrogen (secondary N) is 1. The maximum atomic E-state index is 5.78. The minimum absolute atomic E-state index is 0.0667. The van der Waals surface area contributed by atoms with Crippen LogP contribution in [0.3, 0.4) is 0 Å². The summed E-state index contributed by atoms with van der Waals surface area (Å²) in [6.45, 7) is 3.80. The van der Waals surface area contributed by atoms with Gasteiger partial charge in [-0.2, -0.15) is 23.5 Å². The van der Waals surface area contributed by atoms with Crippen molar-refractivity contribution in [3.63, 3.8) is 0 Å². The number of thioether (sulfide) groups is 2. The molecule has 4 nitrogen and oxygen atoms in total. The molecule has 2 aliphatic heterocycles. The van der Waals surface area contributed by atoms with Crippen molar-refractivity contribution >= 4 is 29.3 Å². The largest absolute Gasteiger partial charge is 0.370 e. The van der Waals surface area contributed by atoms with E-state index in [0.717, 1.165) is 47.8 Å². The lowest BCUT2D eigenvalue weighted by atomic mass is 10.2. The normalized spacial score (nSPS) is 22.8. The van der Waals surface area contributed by atoms with Crippen LogP contribution in [0.25, 0.3) is 0 Å². The van der Waals surface area contributed by atoms with E-state index in [1.807, 2.05) is 23.5 Å². The first-order valence-corrected chi connectivity index (χ1v) is 8.60. The van der Waals surface area contributed by atoms with Gasteiger partial charge < -0.3 is 10.1 Å². The van der Waals surface area contributed by atoms with E-state index in [1.54, 1.807) is 0 Å². The second-order valence-electron chi connectivity index (χ2n) is 4.31. The molecule has 1 saturated heterocycles. The summed E-state index contributed by atoms with van der Waals surface area (Å²) < 4.78 is 5.78. The summed E-state index contributed by atoms with van der Waals surface area (Å²) >= 11 is 3.83. The summed E-state index contributed by atoms with van der Waals surface area (Å²) in [6.07, 6.45) is 0.0667. The highest BCUT2D eigenvalue weighted by Crippen LogP contribution is 2.34. The van der Waals surface area contributed by atoms with E-state index in [-0.39, 0.29) is 6.10 Å². The maximum Gasteiger partial charge on any atom is 0.160 e. The fourth-order valence-corrected chi connectivity index (χ4v) is 4.05. The van der Waals surface area contributed by atoms with Crippen LogP contribution >= 0.6 is 23.5 Å². The van der Waals surface area contributed by atoms with Gasteiger partial charge in [-0.05, 0) is 6.92 Å². The zero-order valence-electron chi connectivity index (χ0n) is 10.4. The molecule has 1 aromatic heterocycles. The highest BCUT2D eigenvalue weighted by atomic mass is 32.2. The van der Waals surface area contributed by atoms with E-state index in [1.165, 1.54) is 11.3 Å². The summed E-state index contributed by atoms with van der Waals surface area (Å²) in [7, 11) is 0. The van der Waals surface area contributed by atoms with E-state index in [2.05, 4.69) is 17.2 Å².